The SMILES string of the molecule is CCc1c(C)sc2nc(SCc3cn4cc(C)ccc4n3)n(CC3CCCO3)c(=O)c12. The number of thiophene rings is 1. The van der Waals surface area contributed by atoms with Crippen LogP contribution in [0.2, 0.25) is 0 Å². The molecule has 8 heteroatoms. The molecule has 0 bridgehead atoms. The van der Waals surface area contributed by atoms with Crippen LogP contribution in [0.1, 0.15) is 41.5 Å². The second-order valence-corrected chi connectivity index (χ2v) is 10.3. The number of hydrogen-bond acceptors (Lipinski definition) is 6. The molecule has 0 aromatic carbocycles. The summed E-state index contributed by atoms with van der Waals surface area (Å²) in [6, 6.07) is 4.10. The first-order valence-electron chi connectivity index (χ1n) is 10.7. The molecule has 1 aliphatic rings. The van der Waals surface area contributed by atoms with Crippen molar-refractivity contribution in [3.05, 3.63) is 56.6 Å². The Balaban J connectivity index is 1.52. The van der Waals surface area contributed by atoms with E-state index in [9.17, 15) is 4.79 Å². The molecule has 1 saturated heterocycles. The van der Waals surface area contributed by atoms with Crippen molar-refractivity contribution < 1.29 is 4.74 Å². The Labute approximate surface area is 189 Å². The highest BCUT2D eigenvalue weighted by molar-refractivity contribution is 7.98. The Bertz CT molecular complexity index is 1310. The summed E-state index contributed by atoms with van der Waals surface area (Å²) in [5.74, 6) is 0.662. The average Bonchev–Trinajstić information content (AvgIpc) is 3.46. The molecule has 5 rings (SSSR count). The van der Waals surface area contributed by atoms with Gasteiger partial charge in [-0.05, 0) is 50.3 Å². The molecule has 0 radical (unpaired) electrons. The average molecular weight is 455 g/mol. The minimum atomic E-state index is 0.0647. The van der Waals surface area contributed by atoms with Gasteiger partial charge in [-0.3, -0.25) is 9.36 Å². The molecule has 1 aliphatic heterocycles. The van der Waals surface area contributed by atoms with Gasteiger partial charge in [-0.15, -0.1) is 11.3 Å². The van der Waals surface area contributed by atoms with E-state index in [2.05, 4.69) is 43.6 Å². The Morgan fingerprint density at radius 1 is 1.26 bits per heavy atom. The van der Waals surface area contributed by atoms with Gasteiger partial charge in [0.2, 0.25) is 0 Å². The van der Waals surface area contributed by atoms with Gasteiger partial charge in [0.15, 0.2) is 5.16 Å². The molecule has 1 atom stereocenters. The van der Waals surface area contributed by atoms with Gasteiger partial charge in [-0.1, -0.05) is 24.8 Å². The number of ether oxygens (including phenoxy) is 1. The van der Waals surface area contributed by atoms with Crippen molar-refractivity contribution >= 4 is 39.0 Å². The maximum absolute atomic E-state index is 13.6. The van der Waals surface area contributed by atoms with Gasteiger partial charge < -0.3 is 9.14 Å². The van der Waals surface area contributed by atoms with Gasteiger partial charge in [0, 0.05) is 29.6 Å². The summed E-state index contributed by atoms with van der Waals surface area (Å²) in [5, 5.41) is 1.54. The molecule has 162 valence electrons. The fourth-order valence-corrected chi connectivity index (χ4v) is 6.33. The second kappa shape index (κ2) is 8.41. The monoisotopic (exact) mass is 454 g/mol. The lowest BCUT2D eigenvalue weighted by Crippen LogP contribution is -2.29. The van der Waals surface area contributed by atoms with Crippen LogP contribution in [0, 0.1) is 13.8 Å². The molecule has 1 unspecified atom stereocenters. The lowest BCUT2D eigenvalue weighted by molar-refractivity contribution is 0.0937. The quantitative estimate of drug-likeness (QED) is 0.311. The normalized spacial score (nSPS) is 16.7. The summed E-state index contributed by atoms with van der Waals surface area (Å²) in [4.78, 5) is 25.3. The molecule has 4 aromatic heterocycles. The Hall–Kier alpha value is -2.16. The molecule has 0 saturated carbocycles. The number of hydrogen-bond donors (Lipinski definition) is 0. The van der Waals surface area contributed by atoms with Crippen LogP contribution in [0.4, 0.5) is 0 Å². The number of thioether (sulfide) groups is 1. The van der Waals surface area contributed by atoms with Crippen molar-refractivity contribution in [2.75, 3.05) is 6.61 Å². The zero-order chi connectivity index (χ0) is 21.5. The number of rotatable bonds is 6. The van der Waals surface area contributed by atoms with E-state index >= 15 is 0 Å². The van der Waals surface area contributed by atoms with Crippen LogP contribution in [-0.2, 0) is 23.5 Å². The van der Waals surface area contributed by atoms with Crippen molar-refractivity contribution in [2.45, 2.75) is 63.6 Å². The highest BCUT2D eigenvalue weighted by Crippen LogP contribution is 2.31. The summed E-state index contributed by atoms with van der Waals surface area (Å²) in [6.07, 6.45) is 7.10. The van der Waals surface area contributed by atoms with Crippen molar-refractivity contribution in [2.24, 2.45) is 0 Å². The van der Waals surface area contributed by atoms with Crippen LogP contribution in [0.25, 0.3) is 15.9 Å². The maximum atomic E-state index is 13.6. The van der Waals surface area contributed by atoms with Crippen LogP contribution in [0.5, 0.6) is 0 Å². The second-order valence-electron chi connectivity index (χ2n) is 8.11. The molecule has 31 heavy (non-hydrogen) atoms. The molecule has 4 aromatic rings. The largest absolute Gasteiger partial charge is 0.376 e. The Morgan fingerprint density at radius 3 is 2.90 bits per heavy atom. The number of aryl methyl sites for hydroxylation is 3. The van der Waals surface area contributed by atoms with E-state index in [4.69, 9.17) is 14.7 Å². The van der Waals surface area contributed by atoms with Gasteiger partial charge in [-0.2, -0.15) is 0 Å². The fourth-order valence-electron chi connectivity index (χ4n) is 4.28. The minimum Gasteiger partial charge on any atom is -0.376 e. The Kier molecular flexibility index (Phi) is 5.62. The van der Waals surface area contributed by atoms with Crippen molar-refractivity contribution in [1.29, 1.82) is 0 Å². The number of imidazole rings is 1. The molecule has 6 nitrogen and oxygen atoms in total. The van der Waals surface area contributed by atoms with E-state index in [1.165, 1.54) is 10.4 Å². The lowest BCUT2D eigenvalue weighted by atomic mass is 10.1. The first kappa shape index (κ1) is 20.7. The molecule has 5 heterocycles. The van der Waals surface area contributed by atoms with Gasteiger partial charge in [0.05, 0.1) is 23.7 Å². The van der Waals surface area contributed by atoms with Gasteiger partial charge >= 0.3 is 0 Å². The van der Waals surface area contributed by atoms with Crippen LogP contribution >= 0.6 is 23.1 Å². The highest BCUT2D eigenvalue weighted by atomic mass is 32.2. The van der Waals surface area contributed by atoms with Gasteiger partial charge in [0.1, 0.15) is 10.5 Å². The fraction of sp³-hybridized carbons (Fsp3) is 0.435. The summed E-state index contributed by atoms with van der Waals surface area (Å²) in [6.45, 7) is 7.60. The summed E-state index contributed by atoms with van der Waals surface area (Å²) in [5.41, 5.74) is 4.30. The van der Waals surface area contributed by atoms with Crippen molar-refractivity contribution in [3.63, 3.8) is 0 Å². The number of aromatic nitrogens is 4. The smallest absolute Gasteiger partial charge is 0.263 e. The topological polar surface area (TPSA) is 61.4 Å². The highest BCUT2D eigenvalue weighted by Gasteiger charge is 2.23. The molecule has 0 spiro atoms. The minimum absolute atomic E-state index is 0.0647. The molecule has 0 N–H and O–H groups in total. The molecule has 1 fully saturated rings. The predicted octanol–water partition coefficient (Wildman–Crippen LogP) is 4.76. The van der Waals surface area contributed by atoms with Gasteiger partial charge in [0.25, 0.3) is 5.56 Å². The van der Waals surface area contributed by atoms with Crippen LogP contribution in [0.15, 0.2) is 34.5 Å². The van der Waals surface area contributed by atoms with Crippen LogP contribution < -0.4 is 5.56 Å². The summed E-state index contributed by atoms with van der Waals surface area (Å²) < 4.78 is 9.74. The number of pyridine rings is 1. The standard InChI is InChI=1S/C23H26N4O2S2/c1-4-18-15(3)31-21-20(18)22(28)27(12-17-6-5-9-29-17)23(25-21)30-13-16-11-26-10-14(2)7-8-19(26)24-16/h7-8,10-11,17H,4-6,9,12-13H2,1-3H3. The maximum Gasteiger partial charge on any atom is 0.263 e. The molecular formula is C23H26N4O2S2. The van der Waals surface area contributed by atoms with E-state index in [1.54, 1.807) is 23.1 Å². The van der Waals surface area contributed by atoms with Crippen LogP contribution in [-0.4, -0.2) is 31.6 Å². The van der Waals surface area contributed by atoms with E-state index in [1.807, 2.05) is 10.6 Å². The predicted molar refractivity (Wildman–Crippen MR) is 126 cm³/mol. The third-order valence-corrected chi connectivity index (χ3v) is 7.89. The number of fused-ring (bicyclic) bond motifs is 2. The molecule has 0 amide bonds. The summed E-state index contributed by atoms with van der Waals surface area (Å²) >= 11 is 3.20. The third kappa shape index (κ3) is 3.92. The zero-order valence-electron chi connectivity index (χ0n) is 18.1. The van der Waals surface area contributed by atoms with E-state index in [0.29, 0.717) is 12.3 Å². The van der Waals surface area contributed by atoms with E-state index < -0.39 is 0 Å². The zero-order valence-corrected chi connectivity index (χ0v) is 19.7. The van der Waals surface area contributed by atoms with Gasteiger partial charge in [-0.25, -0.2) is 9.97 Å². The van der Waals surface area contributed by atoms with Crippen molar-refractivity contribution in [1.82, 2.24) is 18.9 Å². The van der Waals surface area contributed by atoms with E-state index in [-0.39, 0.29) is 11.7 Å². The van der Waals surface area contributed by atoms with E-state index in [0.717, 1.165) is 58.1 Å². The third-order valence-electron chi connectivity index (χ3n) is 5.84. The Morgan fingerprint density at radius 2 is 2.13 bits per heavy atom. The molecule has 0 aliphatic carbocycles. The van der Waals surface area contributed by atoms with Crippen LogP contribution in [0.3, 0.4) is 0 Å². The number of nitrogens with zero attached hydrogens (tertiary/aromatic N) is 4. The summed E-state index contributed by atoms with van der Waals surface area (Å²) in [7, 11) is 0. The van der Waals surface area contributed by atoms with Crippen molar-refractivity contribution in [3.8, 4) is 0 Å². The first-order chi connectivity index (χ1) is 15.0. The molecular weight excluding hydrogens is 428 g/mol. The lowest BCUT2D eigenvalue weighted by Gasteiger charge is -2.15. The first-order valence-corrected chi connectivity index (χ1v) is 12.5.